The molecule has 0 spiro atoms. The Morgan fingerprint density at radius 3 is 2.60 bits per heavy atom. The third-order valence-electron chi connectivity index (χ3n) is 4.51. The number of pyridine rings is 1. The van der Waals surface area contributed by atoms with Crippen molar-refractivity contribution < 1.29 is 9.90 Å². The molecule has 1 aromatic carbocycles. The molecule has 0 fully saturated rings. The summed E-state index contributed by atoms with van der Waals surface area (Å²) in [6.45, 7) is 8.70. The molecule has 3 rings (SSSR count). The Morgan fingerprint density at radius 1 is 1.20 bits per heavy atom. The number of H-pyrrole nitrogens is 1. The molecule has 130 valence electrons. The lowest BCUT2D eigenvalue weighted by molar-refractivity contribution is 0.0690. The lowest BCUT2D eigenvalue weighted by atomic mass is 9.87. The van der Waals surface area contributed by atoms with Gasteiger partial charge in [0.2, 0.25) is 0 Å². The zero-order chi connectivity index (χ0) is 18.2. The van der Waals surface area contributed by atoms with E-state index in [0.29, 0.717) is 6.42 Å². The predicted octanol–water partition coefficient (Wildman–Crippen LogP) is 4.71. The van der Waals surface area contributed by atoms with Crippen molar-refractivity contribution in [3.63, 3.8) is 0 Å². The molecule has 0 radical (unpaired) electrons. The zero-order valence-corrected chi connectivity index (χ0v) is 15.2. The second-order valence-corrected chi connectivity index (χ2v) is 7.46. The summed E-state index contributed by atoms with van der Waals surface area (Å²) in [6.07, 6.45) is 1.61. The Morgan fingerprint density at radius 2 is 1.96 bits per heavy atom. The number of aromatic carboxylic acids is 1. The molecule has 0 bridgehead atoms. The van der Waals surface area contributed by atoms with Crippen molar-refractivity contribution >= 4 is 16.9 Å². The number of nitrogens with one attached hydrogen (secondary N) is 1. The van der Waals surface area contributed by atoms with Gasteiger partial charge in [0.15, 0.2) is 0 Å². The summed E-state index contributed by atoms with van der Waals surface area (Å²) >= 11 is 0. The number of carboxylic acid groups (broad SMARTS) is 1. The molecule has 2 heterocycles. The van der Waals surface area contributed by atoms with Crippen molar-refractivity contribution in [2.24, 2.45) is 0 Å². The third-order valence-corrected chi connectivity index (χ3v) is 4.51. The lowest BCUT2D eigenvalue weighted by Gasteiger charge is -2.19. The SMILES string of the molecule is CCc1ccc2c(Cc3cccc(C(=O)O)n3)c(C(C)(C)C)[nH]c2c1. The minimum atomic E-state index is -0.996. The van der Waals surface area contributed by atoms with Gasteiger partial charge in [-0.1, -0.05) is 45.9 Å². The average molecular weight is 336 g/mol. The molecule has 25 heavy (non-hydrogen) atoms. The van der Waals surface area contributed by atoms with Crippen LogP contribution in [-0.4, -0.2) is 21.0 Å². The molecule has 4 heteroatoms. The van der Waals surface area contributed by atoms with E-state index in [1.807, 2.05) is 6.07 Å². The summed E-state index contributed by atoms with van der Waals surface area (Å²) in [5.41, 5.74) is 5.62. The molecule has 0 aliphatic carbocycles. The van der Waals surface area contributed by atoms with E-state index in [0.717, 1.165) is 17.6 Å². The first-order chi connectivity index (χ1) is 11.8. The fourth-order valence-electron chi connectivity index (χ4n) is 3.22. The normalized spacial score (nSPS) is 11.8. The molecule has 0 saturated heterocycles. The number of aryl methyl sites for hydroxylation is 1. The van der Waals surface area contributed by atoms with Crippen molar-refractivity contribution in [2.45, 2.75) is 46.0 Å². The molecule has 0 amide bonds. The van der Waals surface area contributed by atoms with Crippen molar-refractivity contribution in [3.05, 3.63) is 64.6 Å². The number of benzene rings is 1. The highest BCUT2D eigenvalue weighted by Gasteiger charge is 2.23. The Labute approximate surface area is 147 Å². The van der Waals surface area contributed by atoms with Crippen LogP contribution in [0.25, 0.3) is 10.9 Å². The zero-order valence-electron chi connectivity index (χ0n) is 15.2. The Kier molecular flexibility index (Phi) is 4.38. The fraction of sp³-hybridized carbons (Fsp3) is 0.333. The van der Waals surface area contributed by atoms with E-state index in [4.69, 9.17) is 0 Å². The highest BCUT2D eigenvalue weighted by Crippen LogP contribution is 2.33. The number of nitrogens with zero attached hydrogens (tertiary/aromatic N) is 1. The van der Waals surface area contributed by atoms with Crippen molar-refractivity contribution in [2.75, 3.05) is 0 Å². The Bertz CT molecular complexity index is 933. The molecule has 2 N–H and O–H groups in total. The van der Waals surface area contributed by atoms with Crippen LogP contribution < -0.4 is 0 Å². The van der Waals surface area contributed by atoms with Gasteiger partial charge in [0.1, 0.15) is 5.69 Å². The summed E-state index contributed by atoms with van der Waals surface area (Å²) in [7, 11) is 0. The van der Waals surface area contributed by atoms with E-state index in [-0.39, 0.29) is 11.1 Å². The summed E-state index contributed by atoms with van der Waals surface area (Å²) in [6, 6.07) is 11.7. The third kappa shape index (κ3) is 3.43. The van der Waals surface area contributed by atoms with Gasteiger partial charge in [0.05, 0.1) is 0 Å². The van der Waals surface area contributed by atoms with Crippen LogP contribution in [0.15, 0.2) is 36.4 Å². The van der Waals surface area contributed by atoms with Crippen molar-refractivity contribution in [1.82, 2.24) is 9.97 Å². The van der Waals surface area contributed by atoms with Gasteiger partial charge in [-0.15, -0.1) is 0 Å². The van der Waals surface area contributed by atoms with Crippen molar-refractivity contribution in [3.8, 4) is 0 Å². The van der Waals surface area contributed by atoms with Gasteiger partial charge in [-0.3, -0.25) is 0 Å². The molecule has 0 atom stereocenters. The van der Waals surface area contributed by atoms with Gasteiger partial charge in [-0.05, 0) is 35.7 Å². The van der Waals surface area contributed by atoms with E-state index < -0.39 is 5.97 Å². The van der Waals surface area contributed by atoms with Gasteiger partial charge < -0.3 is 10.1 Å². The molecule has 0 saturated carbocycles. The minimum Gasteiger partial charge on any atom is -0.477 e. The van der Waals surface area contributed by atoms with Gasteiger partial charge in [0.25, 0.3) is 0 Å². The summed E-state index contributed by atoms with van der Waals surface area (Å²) in [5, 5.41) is 10.4. The van der Waals surface area contributed by atoms with E-state index in [1.165, 1.54) is 28.3 Å². The monoisotopic (exact) mass is 336 g/mol. The van der Waals surface area contributed by atoms with Crippen LogP contribution in [0.4, 0.5) is 0 Å². The van der Waals surface area contributed by atoms with Crippen LogP contribution in [0.3, 0.4) is 0 Å². The van der Waals surface area contributed by atoms with E-state index >= 15 is 0 Å². The smallest absolute Gasteiger partial charge is 0.354 e. The number of aromatic nitrogens is 2. The summed E-state index contributed by atoms with van der Waals surface area (Å²) < 4.78 is 0. The van der Waals surface area contributed by atoms with Crippen LogP contribution in [0.2, 0.25) is 0 Å². The average Bonchev–Trinajstić information content (AvgIpc) is 2.93. The lowest BCUT2D eigenvalue weighted by Crippen LogP contribution is -2.14. The first kappa shape index (κ1) is 17.2. The predicted molar refractivity (Wildman–Crippen MR) is 100 cm³/mol. The second kappa shape index (κ2) is 6.36. The number of carboxylic acids is 1. The first-order valence-corrected chi connectivity index (χ1v) is 8.62. The molecule has 0 unspecified atom stereocenters. The fourth-order valence-corrected chi connectivity index (χ4v) is 3.22. The maximum absolute atomic E-state index is 11.2. The van der Waals surface area contributed by atoms with Crippen LogP contribution >= 0.6 is 0 Å². The number of aromatic amines is 1. The van der Waals surface area contributed by atoms with Crippen LogP contribution in [0, 0.1) is 0 Å². The van der Waals surface area contributed by atoms with Gasteiger partial charge in [0, 0.05) is 34.1 Å². The molecule has 0 aliphatic rings. The maximum Gasteiger partial charge on any atom is 0.354 e. The molecular weight excluding hydrogens is 312 g/mol. The highest BCUT2D eigenvalue weighted by molar-refractivity contribution is 5.87. The number of rotatable bonds is 4. The van der Waals surface area contributed by atoms with Gasteiger partial charge in [-0.25, -0.2) is 9.78 Å². The van der Waals surface area contributed by atoms with Gasteiger partial charge in [-0.2, -0.15) is 0 Å². The Balaban J connectivity index is 2.13. The van der Waals surface area contributed by atoms with Crippen LogP contribution in [0.5, 0.6) is 0 Å². The van der Waals surface area contributed by atoms with Crippen molar-refractivity contribution in [1.29, 1.82) is 0 Å². The molecule has 4 nitrogen and oxygen atoms in total. The van der Waals surface area contributed by atoms with E-state index in [9.17, 15) is 9.90 Å². The molecule has 2 aromatic heterocycles. The van der Waals surface area contributed by atoms with E-state index in [1.54, 1.807) is 6.07 Å². The number of fused-ring (bicyclic) bond motifs is 1. The number of hydrogen-bond acceptors (Lipinski definition) is 2. The minimum absolute atomic E-state index is 0.0366. The topological polar surface area (TPSA) is 66.0 Å². The largest absolute Gasteiger partial charge is 0.477 e. The highest BCUT2D eigenvalue weighted by atomic mass is 16.4. The maximum atomic E-state index is 11.2. The second-order valence-electron chi connectivity index (χ2n) is 7.46. The summed E-state index contributed by atoms with van der Waals surface area (Å²) in [4.78, 5) is 19.1. The van der Waals surface area contributed by atoms with Gasteiger partial charge >= 0.3 is 5.97 Å². The van der Waals surface area contributed by atoms with Crippen LogP contribution in [-0.2, 0) is 18.3 Å². The quantitative estimate of drug-likeness (QED) is 0.725. The number of hydrogen-bond donors (Lipinski definition) is 2. The summed E-state index contributed by atoms with van der Waals surface area (Å²) in [5.74, 6) is -0.996. The number of carbonyl (C=O) groups is 1. The van der Waals surface area contributed by atoms with E-state index in [2.05, 4.69) is 55.9 Å². The first-order valence-electron chi connectivity index (χ1n) is 8.62. The molecular formula is C21H24N2O2. The molecule has 0 aliphatic heterocycles. The Hall–Kier alpha value is -2.62. The van der Waals surface area contributed by atoms with Crippen LogP contribution in [0.1, 0.15) is 60.7 Å². The molecule has 3 aromatic rings. The standard InChI is InChI=1S/C21H24N2O2/c1-5-13-9-10-15-16(19(21(2,3)4)23-18(15)11-13)12-14-7-6-8-17(22-14)20(24)25/h6-11,23H,5,12H2,1-4H3,(H,24,25).